The van der Waals surface area contributed by atoms with Crippen molar-refractivity contribution in [3.63, 3.8) is 0 Å². The van der Waals surface area contributed by atoms with Gasteiger partial charge in [-0.25, -0.2) is 0 Å². The number of rotatable bonds is 16. The first kappa shape index (κ1) is 28.8. The maximum absolute atomic E-state index is 12.1. The van der Waals surface area contributed by atoms with Gasteiger partial charge in [-0.1, -0.05) is 79.9 Å². The molecule has 5 atom stereocenters. The van der Waals surface area contributed by atoms with Crippen LogP contribution in [0.2, 0.25) is 36.3 Å². The molecule has 0 aromatic carbocycles. The molecule has 1 aliphatic carbocycles. The zero-order chi connectivity index (χ0) is 24.5. The Bertz CT molecular complexity index is 599. The van der Waals surface area contributed by atoms with Gasteiger partial charge in [0.25, 0.3) is 0 Å². The highest BCUT2D eigenvalue weighted by Crippen LogP contribution is 2.45. The minimum Gasteiger partial charge on any atom is -0.462 e. The Hall–Kier alpha value is -0.436. The second kappa shape index (κ2) is 13.6. The Morgan fingerprint density at radius 1 is 0.939 bits per heavy atom. The molecule has 2 aliphatic rings. The van der Waals surface area contributed by atoms with Gasteiger partial charge in [0.05, 0.1) is 18.6 Å². The molecule has 2 rings (SSSR count). The summed E-state index contributed by atoms with van der Waals surface area (Å²) in [6, 6.07) is 7.00. The van der Waals surface area contributed by atoms with Crippen LogP contribution in [0.3, 0.4) is 0 Å². The van der Waals surface area contributed by atoms with E-state index in [2.05, 4.69) is 60.6 Å². The molecule has 1 heterocycles. The van der Waals surface area contributed by atoms with Gasteiger partial charge < -0.3 is 13.6 Å². The number of esters is 1. The fraction of sp³-hybridized carbons (Fsp3) is 0.889. The van der Waals surface area contributed by atoms with Crippen LogP contribution in [0.5, 0.6) is 0 Å². The lowest BCUT2D eigenvalue weighted by Gasteiger charge is -2.35. The van der Waals surface area contributed by atoms with Gasteiger partial charge >= 0.3 is 5.97 Å². The van der Waals surface area contributed by atoms with Crippen molar-refractivity contribution < 1.29 is 18.4 Å². The second-order valence-corrected chi connectivity index (χ2v) is 19.8. The van der Waals surface area contributed by atoms with Crippen LogP contribution >= 0.6 is 0 Å². The lowest BCUT2D eigenvalue weighted by Crippen LogP contribution is -2.41. The highest BCUT2D eigenvalue weighted by Gasteiger charge is 2.51. The molecule has 0 N–H and O–H groups in total. The standard InChI is InChI=1S/C27H52O4Si2/c1-8-15-16-17-22(30-32(9-2,10-3)11-4)18-19-23-24-20-27(28)29-25(24)21-26(23)31-33(12-5,13-6)14-7/h18-19,22-26H,8-17,20-21H2,1-7H3/b19-18+/t22-,23?,24+,25-,26?/m0/s1. The molecule has 6 heteroatoms. The first-order chi connectivity index (χ1) is 15.8. The minimum atomic E-state index is -1.73. The summed E-state index contributed by atoms with van der Waals surface area (Å²) in [6.07, 6.45) is 11.3. The Balaban J connectivity index is 2.25. The molecular weight excluding hydrogens is 444 g/mol. The number of hydrogen-bond acceptors (Lipinski definition) is 4. The van der Waals surface area contributed by atoms with Gasteiger partial charge in [0.15, 0.2) is 16.6 Å². The average Bonchev–Trinajstić information content (AvgIpc) is 3.34. The van der Waals surface area contributed by atoms with E-state index in [4.69, 9.17) is 13.6 Å². The van der Waals surface area contributed by atoms with Crippen LogP contribution in [0, 0.1) is 11.8 Å². The SMILES string of the molecule is CCCCC[C@@H](/C=C/C1C(O[Si](CC)(CC)CC)C[C@@H]2OC(=O)C[C@H]12)O[Si](CC)(CC)CC. The van der Waals surface area contributed by atoms with Gasteiger partial charge in [-0.2, -0.15) is 0 Å². The lowest BCUT2D eigenvalue weighted by atomic mass is 9.91. The molecule has 0 aromatic heterocycles. The van der Waals surface area contributed by atoms with E-state index in [1.165, 1.54) is 37.4 Å². The summed E-state index contributed by atoms with van der Waals surface area (Å²) in [4.78, 5) is 12.1. The maximum Gasteiger partial charge on any atom is 0.306 e. The highest BCUT2D eigenvalue weighted by molar-refractivity contribution is 6.74. The summed E-state index contributed by atoms with van der Waals surface area (Å²) in [5.74, 6) is 0.492. The lowest BCUT2D eigenvalue weighted by molar-refractivity contribution is -0.141. The summed E-state index contributed by atoms with van der Waals surface area (Å²) < 4.78 is 19.7. The number of fused-ring (bicyclic) bond motifs is 1. The third kappa shape index (κ3) is 7.28. The van der Waals surface area contributed by atoms with E-state index < -0.39 is 16.6 Å². The van der Waals surface area contributed by atoms with Crippen LogP contribution in [0.1, 0.15) is 87.0 Å². The molecule has 0 aromatic rings. The smallest absolute Gasteiger partial charge is 0.306 e. The molecule has 192 valence electrons. The van der Waals surface area contributed by atoms with Crippen molar-refractivity contribution in [1.29, 1.82) is 0 Å². The molecule has 1 saturated heterocycles. The van der Waals surface area contributed by atoms with Crippen LogP contribution in [0.25, 0.3) is 0 Å². The van der Waals surface area contributed by atoms with Crippen molar-refractivity contribution in [1.82, 2.24) is 0 Å². The summed E-state index contributed by atoms with van der Waals surface area (Å²) in [5, 5.41) is 0. The Labute approximate surface area is 206 Å². The van der Waals surface area contributed by atoms with Crippen molar-refractivity contribution in [3.8, 4) is 0 Å². The number of carbonyl (C=O) groups excluding carboxylic acids is 1. The predicted octanol–water partition coefficient (Wildman–Crippen LogP) is 7.86. The van der Waals surface area contributed by atoms with E-state index in [1.807, 2.05) is 0 Å². The third-order valence-electron chi connectivity index (χ3n) is 8.86. The molecule has 2 fully saturated rings. The molecule has 33 heavy (non-hydrogen) atoms. The summed E-state index contributed by atoms with van der Waals surface area (Å²) in [5.41, 5.74) is 0. The van der Waals surface area contributed by atoms with Gasteiger partial charge in [0.1, 0.15) is 6.10 Å². The first-order valence-corrected chi connectivity index (χ1v) is 19.1. The number of hydrogen-bond donors (Lipinski definition) is 0. The Morgan fingerprint density at radius 2 is 1.55 bits per heavy atom. The van der Waals surface area contributed by atoms with E-state index in [0.717, 1.165) is 31.0 Å². The topological polar surface area (TPSA) is 44.8 Å². The predicted molar refractivity (Wildman–Crippen MR) is 144 cm³/mol. The summed E-state index contributed by atoms with van der Waals surface area (Å²) in [6.45, 7) is 16.1. The van der Waals surface area contributed by atoms with Crippen molar-refractivity contribution >= 4 is 22.6 Å². The molecule has 0 amide bonds. The number of ether oxygens (including phenoxy) is 1. The monoisotopic (exact) mass is 496 g/mol. The molecular formula is C27H52O4Si2. The number of carbonyl (C=O) groups is 1. The molecule has 0 spiro atoms. The number of unbranched alkanes of at least 4 members (excludes halogenated alkanes) is 2. The zero-order valence-corrected chi connectivity index (χ0v) is 24.7. The largest absolute Gasteiger partial charge is 0.462 e. The molecule has 0 bridgehead atoms. The molecule has 1 aliphatic heterocycles. The second-order valence-electron chi connectivity index (χ2n) is 10.4. The quantitative estimate of drug-likeness (QED) is 0.0944. The summed E-state index contributed by atoms with van der Waals surface area (Å²) >= 11 is 0. The van der Waals surface area contributed by atoms with E-state index in [9.17, 15) is 4.79 Å². The van der Waals surface area contributed by atoms with Crippen LogP contribution in [0.15, 0.2) is 12.2 Å². The van der Waals surface area contributed by atoms with Crippen LogP contribution in [0.4, 0.5) is 0 Å². The molecule has 2 unspecified atom stereocenters. The minimum absolute atomic E-state index is 0.0306. The third-order valence-corrected chi connectivity index (χ3v) is 18.2. The van der Waals surface area contributed by atoms with Gasteiger partial charge in [-0.15, -0.1) is 0 Å². The van der Waals surface area contributed by atoms with E-state index in [1.54, 1.807) is 0 Å². The fourth-order valence-electron chi connectivity index (χ4n) is 5.97. The van der Waals surface area contributed by atoms with E-state index in [-0.39, 0.29) is 36.1 Å². The molecule has 4 nitrogen and oxygen atoms in total. The molecule has 1 saturated carbocycles. The highest BCUT2D eigenvalue weighted by atomic mass is 28.4. The van der Waals surface area contributed by atoms with Crippen molar-refractivity contribution in [2.75, 3.05) is 0 Å². The van der Waals surface area contributed by atoms with E-state index in [0.29, 0.717) is 6.42 Å². The Kier molecular flexibility index (Phi) is 11.9. The van der Waals surface area contributed by atoms with Crippen LogP contribution in [-0.4, -0.2) is 40.9 Å². The van der Waals surface area contributed by atoms with Gasteiger partial charge in [0, 0.05) is 18.3 Å². The van der Waals surface area contributed by atoms with E-state index >= 15 is 0 Å². The molecule has 0 radical (unpaired) electrons. The van der Waals surface area contributed by atoms with Crippen molar-refractivity contribution in [2.45, 2.75) is 142 Å². The van der Waals surface area contributed by atoms with Gasteiger partial charge in [-0.3, -0.25) is 4.79 Å². The summed E-state index contributed by atoms with van der Waals surface area (Å²) in [7, 11) is -3.41. The van der Waals surface area contributed by atoms with Crippen LogP contribution < -0.4 is 0 Å². The van der Waals surface area contributed by atoms with Gasteiger partial charge in [0.2, 0.25) is 0 Å². The van der Waals surface area contributed by atoms with Crippen molar-refractivity contribution in [3.05, 3.63) is 12.2 Å². The Morgan fingerprint density at radius 3 is 2.09 bits per heavy atom. The van der Waals surface area contributed by atoms with Crippen molar-refractivity contribution in [2.24, 2.45) is 11.8 Å². The zero-order valence-electron chi connectivity index (χ0n) is 22.7. The fourth-order valence-corrected chi connectivity index (χ4v) is 11.7. The first-order valence-electron chi connectivity index (χ1n) is 14.1. The van der Waals surface area contributed by atoms with Gasteiger partial charge in [-0.05, 0) is 42.7 Å². The normalized spacial score (nSPS) is 26.7. The average molecular weight is 497 g/mol. The van der Waals surface area contributed by atoms with Crippen LogP contribution in [-0.2, 0) is 18.4 Å². The maximum atomic E-state index is 12.1.